The molecule has 0 aliphatic carbocycles. The van der Waals surface area contributed by atoms with E-state index in [1.54, 1.807) is 38.1 Å². The number of fused-ring (bicyclic) bond motifs is 1. The highest BCUT2D eigenvalue weighted by atomic mass is 16.7. The maximum atomic E-state index is 12.5. The van der Waals surface area contributed by atoms with Crippen molar-refractivity contribution in [2.45, 2.75) is 89.9 Å². The molecular formula is C25H35N3O7. The minimum atomic E-state index is -0.980. The van der Waals surface area contributed by atoms with Gasteiger partial charge >= 0.3 is 5.97 Å². The zero-order valence-corrected chi connectivity index (χ0v) is 20.9. The summed E-state index contributed by atoms with van der Waals surface area (Å²) in [5, 5.41) is 8.08. The van der Waals surface area contributed by atoms with Gasteiger partial charge in [-0.05, 0) is 53.2 Å². The fourth-order valence-corrected chi connectivity index (χ4v) is 4.18. The zero-order valence-electron chi connectivity index (χ0n) is 20.9. The van der Waals surface area contributed by atoms with Crippen molar-refractivity contribution in [2.24, 2.45) is 0 Å². The summed E-state index contributed by atoms with van der Waals surface area (Å²) in [6.45, 7) is 9.31. The first-order valence-corrected chi connectivity index (χ1v) is 11.9. The van der Waals surface area contributed by atoms with E-state index in [0.29, 0.717) is 30.6 Å². The highest BCUT2D eigenvalue weighted by molar-refractivity contribution is 6.10. The van der Waals surface area contributed by atoms with Crippen molar-refractivity contribution in [3.05, 3.63) is 29.8 Å². The van der Waals surface area contributed by atoms with E-state index in [4.69, 9.17) is 14.2 Å². The van der Waals surface area contributed by atoms with Crippen LogP contribution in [0.5, 0.6) is 0 Å². The minimum absolute atomic E-state index is 0.117. The molecule has 2 aliphatic heterocycles. The lowest BCUT2D eigenvalue weighted by Gasteiger charge is -2.40. The largest absolute Gasteiger partial charge is 0.460 e. The van der Waals surface area contributed by atoms with Gasteiger partial charge in [-0.25, -0.2) is 0 Å². The molecule has 1 unspecified atom stereocenters. The molecule has 2 aliphatic rings. The molecule has 3 N–H and O–H groups in total. The van der Waals surface area contributed by atoms with Gasteiger partial charge in [-0.2, -0.15) is 0 Å². The maximum Gasteiger partial charge on any atom is 0.308 e. The molecule has 10 nitrogen and oxygen atoms in total. The van der Waals surface area contributed by atoms with Crippen LogP contribution in [-0.2, 0) is 28.6 Å². The summed E-state index contributed by atoms with van der Waals surface area (Å²) in [5.41, 5.74) is 0.194. The summed E-state index contributed by atoms with van der Waals surface area (Å²) < 4.78 is 17.2. The van der Waals surface area contributed by atoms with E-state index < -0.39 is 29.2 Å². The second kappa shape index (κ2) is 10.7. The summed E-state index contributed by atoms with van der Waals surface area (Å²) in [6, 6.07) is 5.69. The topological polar surface area (TPSA) is 132 Å². The van der Waals surface area contributed by atoms with Gasteiger partial charge in [0, 0.05) is 13.0 Å². The van der Waals surface area contributed by atoms with E-state index in [0.717, 1.165) is 0 Å². The Hall–Kier alpha value is -2.98. The number of para-hydroxylation sites is 1. The number of carbonyl (C=O) groups is 4. The molecular weight excluding hydrogens is 454 g/mol. The van der Waals surface area contributed by atoms with Crippen LogP contribution in [0.1, 0.15) is 70.7 Å². The van der Waals surface area contributed by atoms with Crippen molar-refractivity contribution in [1.29, 1.82) is 0 Å². The fourth-order valence-electron chi connectivity index (χ4n) is 4.18. The molecule has 3 amide bonds. The predicted octanol–water partition coefficient (Wildman–Crippen LogP) is 2.28. The number of rotatable bonds is 7. The average Bonchev–Trinajstić information content (AvgIpc) is 2.81. The Kier molecular flexibility index (Phi) is 8.17. The lowest BCUT2D eigenvalue weighted by molar-refractivity contribution is -0.300. The highest BCUT2D eigenvalue weighted by Crippen LogP contribution is 2.30. The average molecular weight is 490 g/mol. The van der Waals surface area contributed by atoms with Gasteiger partial charge in [-0.1, -0.05) is 12.1 Å². The summed E-state index contributed by atoms with van der Waals surface area (Å²) in [5.74, 6) is -2.44. The number of carbonyl (C=O) groups excluding carboxylic acids is 4. The number of amides is 3. The van der Waals surface area contributed by atoms with Crippen molar-refractivity contribution in [3.63, 3.8) is 0 Å². The van der Waals surface area contributed by atoms with E-state index in [9.17, 15) is 19.2 Å². The first-order valence-electron chi connectivity index (χ1n) is 11.9. The number of hydrogen-bond donors (Lipinski definition) is 3. The number of anilines is 1. The van der Waals surface area contributed by atoms with Crippen LogP contribution in [-0.4, -0.2) is 59.9 Å². The minimum Gasteiger partial charge on any atom is -0.460 e. The van der Waals surface area contributed by atoms with Crippen LogP contribution in [0.15, 0.2) is 24.3 Å². The smallest absolute Gasteiger partial charge is 0.308 e. The second-order valence-electron chi connectivity index (χ2n) is 10.3. The molecule has 1 aromatic carbocycles. The summed E-state index contributed by atoms with van der Waals surface area (Å²) >= 11 is 0. The number of benzene rings is 1. The van der Waals surface area contributed by atoms with Gasteiger partial charge in [0.2, 0.25) is 11.8 Å². The third-order valence-corrected chi connectivity index (χ3v) is 5.47. The van der Waals surface area contributed by atoms with Crippen LogP contribution in [0, 0.1) is 0 Å². The van der Waals surface area contributed by atoms with E-state index in [1.807, 2.05) is 20.8 Å². The molecule has 0 aromatic heterocycles. The van der Waals surface area contributed by atoms with Crippen LogP contribution < -0.4 is 16.0 Å². The van der Waals surface area contributed by atoms with Gasteiger partial charge in [0.25, 0.3) is 5.91 Å². The second-order valence-corrected chi connectivity index (χ2v) is 10.3. The monoisotopic (exact) mass is 489 g/mol. The molecule has 192 valence electrons. The Morgan fingerprint density at radius 2 is 1.80 bits per heavy atom. The Balaban J connectivity index is 1.47. The Morgan fingerprint density at radius 3 is 2.51 bits per heavy atom. The van der Waals surface area contributed by atoms with Crippen LogP contribution >= 0.6 is 0 Å². The van der Waals surface area contributed by atoms with Crippen LogP contribution in [0.25, 0.3) is 0 Å². The standard InChI is InChI=1S/C25H35N3O7/c1-24(2,3)35-21(30)13-16-12-15(33-25(4,5)34-16)10-11-26-20(29)14-19-23(32)27-18-9-7-6-8-17(18)22(31)28-19/h6-9,15-16,19H,10-14H2,1-5H3,(H,26,29)(H,27,32)(H,28,31)/t15-,16-,19?/m1/s1. The molecule has 3 atom stereocenters. The normalized spacial score (nSPS) is 23.9. The first kappa shape index (κ1) is 26.6. The molecule has 0 bridgehead atoms. The maximum absolute atomic E-state index is 12.5. The highest BCUT2D eigenvalue weighted by Gasteiger charge is 2.37. The zero-order chi connectivity index (χ0) is 25.8. The number of esters is 1. The lowest BCUT2D eigenvalue weighted by atomic mass is 10.0. The van der Waals surface area contributed by atoms with Crippen molar-refractivity contribution in [3.8, 4) is 0 Å². The van der Waals surface area contributed by atoms with Crippen LogP contribution in [0.3, 0.4) is 0 Å². The lowest BCUT2D eigenvalue weighted by Crippen LogP contribution is -2.47. The molecule has 1 fully saturated rings. The third-order valence-electron chi connectivity index (χ3n) is 5.47. The van der Waals surface area contributed by atoms with E-state index in [1.165, 1.54) is 0 Å². The molecule has 0 spiro atoms. The quantitative estimate of drug-likeness (QED) is 0.501. The van der Waals surface area contributed by atoms with E-state index in [-0.39, 0.29) is 36.9 Å². The fraction of sp³-hybridized carbons (Fsp3) is 0.600. The van der Waals surface area contributed by atoms with Gasteiger partial charge in [0.05, 0.1) is 36.3 Å². The summed E-state index contributed by atoms with van der Waals surface area (Å²) in [7, 11) is 0. The van der Waals surface area contributed by atoms with Gasteiger partial charge in [0.15, 0.2) is 5.79 Å². The third kappa shape index (κ3) is 8.03. The van der Waals surface area contributed by atoms with Crippen LogP contribution in [0.4, 0.5) is 5.69 Å². The van der Waals surface area contributed by atoms with Gasteiger partial charge in [-0.15, -0.1) is 0 Å². The Morgan fingerprint density at radius 1 is 1.11 bits per heavy atom. The molecule has 10 heteroatoms. The summed E-state index contributed by atoms with van der Waals surface area (Å²) in [6.07, 6.45) is 0.317. The van der Waals surface area contributed by atoms with E-state index in [2.05, 4.69) is 16.0 Å². The number of nitrogens with one attached hydrogen (secondary N) is 3. The van der Waals surface area contributed by atoms with E-state index >= 15 is 0 Å². The molecule has 0 radical (unpaired) electrons. The number of ether oxygens (including phenoxy) is 3. The first-order chi connectivity index (χ1) is 16.3. The van der Waals surface area contributed by atoms with Crippen molar-refractivity contribution >= 4 is 29.4 Å². The molecule has 1 saturated heterocycles. The predicted molar refractivity (Wildman–Crippen MR) is 127 cm³/mol. The van der Waals surface area contributed by atoms with Gasteiger partial charge in [0.1, 0.15) is 11.6 Å². The Labute approximate surface area is 205 Å². The van der Waals surface area contributed by atoms with Crippen molar-refractivity contribution in [1.82, 2.24) is 10.6 Å². The van der Waals surface area contributed by atoms with Crippen LogP contribution in [0.2, 0.25) is 0 Å². The molecule has 0 saturated carbocycles. The molecule has 1 aromatic rings. The van der Waals surface area contributed by atoms with Gasteiger partial charge < -0.3 is 30.2 Å². The van der Waals surface area contributed by atoms with Crippen molar-refractivity contribution < 1.29 is 33.4 Å². The molecule has 2 heterocycles. The molecule has 3 rings (SSSR count). The molecule has 35 heavy (non-hydrogen) atoms. The summed E-state index contributed by atoms with van der Waals surface area (Å²) in [4.78, 5) is 49.6. The van der Waals surface area contributed by atoms with Gasteiger partial charge in [-0.3, -0.25) is 19.2 Å². The SMILES string of the molecule is CC(C)(C)OC(=O)C[C@H]1C[C@@H](CCNC(=O)CC2NC(=O)c3ccccc3NC2=O)OC(C)(C)O1. The Bertz CT molecular complexity index is 970. The van der Waals surface area contributed by atoms with Crippen molar-refractivity contribution in [2.75, 3.05) is 11.9 Å². The number of hydrogen-bond acceptors (Lipinski definition) is 7.